The van der Waals surface area contributed by atoms with Crippen LogP contribution >= 0.6 is 0 Å². The number of amides is 1. The van der Waals surface area contributed by atoms with E-state index in [-0.39, 0.29) is 18.5 Å². The van der Waals surface area contributed by atoms with Gasteiger partial charge in [-0.05, 0) is 77.0 Å². The number of aliphatic hydroxyl groups excluding tert-OH is 2. The van der Waals surface area contributed by atoms with Gasteiger partial charge in [0.25, 0.3) is 0 Å². The molecule has 0 aliphatic carbocycles. The number of nitrogens with one attached hydrogen (secondary N) is 1. The van der Waals surface area contributed by atoms with Crippen LogP contribution in [0.5, 0.6) is 0 Å². The van der Waals surface area contributed by atoms with Gasteiger partial charge in [-0.15, -0.1) is 0 Å². The van der Waals surface area contributed by atoms with Crippen LogP contribution in [0.1, 0.15) is 393 Å². The summed E-state index contributed by atoms with van der Waals surface area (Å²) in [6.07, 6.45) is 83.5. The first-order valence-electron chi connectivity index (χ1n) is 35.1. The number of hydrogen-bond acceptors (Lipinski definition) is 5. The maximum Gasteiger partial charge on any atom is 0.305 e. The van der Waals surface area contributed by atoms with Crippen LogP contribution in [0, 0.1) is 0 Å². The molecule has 0 radical (unpaired) electrons. The summed E-state index contributed by atoms with van der Waals surface area (Å²) in [5.41, 5.74) is 0. The van der Waals surface area contributed by atoms with E-state index in [1.54, 1.807) is 0 Å². The average molecular weight is 1080 g/mol. The Morgan fingerprint density at radius 3 is 0.922 bits per heavy atom. The Morgan fingerprint density at radius 2 is 0.610 bits per heavy atom. The zero-order chi connectivity index (χ0) is 55.7. The van der Waals surface area contributed by atoms with Crippen LogP contribution in [-0.4, -0.2) is 47.4 Å². The van der Waals surface area contributed by atoms with E-state index in [4.69, 9.17) is 4.74 Å². The van der Waals surface area contributed by atoms with Gasteiger partial charge in [0.2, 0.25) is 5.91 Å². The molecule has 0 fully saturated rings. The van der Waals surface area contributed by atoms with Crippen molar-refractivity contribution >= 4 is 11.9 Å². The van der Waals surface area contributed by atoms with Crippen molar-refractivity contribution in [2.75, 3.05) is 13.2 Å². The van der Waals surface area contributed by atoms with Crippen LogP contribution in [0.25, 0.3) is 0 Å². The topological polar surface area (TPSA) is 95.9 Å². The van der Waals surface area contributed by atoms with Crippen LogP contribution in [-0.2, 0) is 14.3 Å². The molecule has 0 aromatic rings. The van der Waals surface area contributed by atoms with E-state index in [0.29, 0.717) is 25.9 Å². The molecule has 0 aromatic heterocycles. The highest BCUT2D eigenvalue weighted by Gasteiger charge is 2.20. The molecule has 0 spiro atoms. The van der Waals surface area contributed by atoms with E-state index >= 15 is 0 Å². The van der Waals surface area contributed by atoms with Gasteiger partial charge in [0.15, 0.2) is 0 Å². The fourth-order valence-corrected chi connectivity index (χ4v) is 11.1. The molecule has 0 heterocycles. The fraction of sp³-hybridized carbons (Fsp3) is 0.915. The second-order valence-electron chi connectivity index (χ2n) is 24.2. The Balaban J connectivity index is 3.41. The van der Waals surface area contributed by atoms with Crippen LogP contribution in [0.15, 0.2) is 24.3 Å². The van der Waals surface area contributed by atoms with Crippen LogP contribution < -0.4 is 5.32 Å². The van der Waals surface area contributed by atoms with Crippen LogP contribution in [0.4, 0.5) is 0 Å². The predicted molar refractivity (Wildman–Crippen MR) is 338 cm³/mol. The largest absolute Gasteiger partial charge is 0.466 e. The van der Waals surface area contributed by atoms with Crippen molar-refractivity contribution in [3.8, 4) is 0 Å². The van der Waals surface area contributed by atoms with Gasteiger partial charge in [-0.1, -0.05) is 327 Å². The van der Waals surface area contributed by atoms with E-state index in [1.807, 2.05) is 0 Å². The first-order valence-corrected chi connectivity index (χ1v) is 35.1. The SMILES string of the molecule is CCCCCCCC/C=C\CCCCCCCCCCCC(=O)OCCCCCCCCCCC/C=C\CCCCCCCCCC(=O)NC(CO)C(O)CCCCCCCCCCCCCCCCCCCCCCC. The van der Waals surface area contributed by atoms with Crippen LogP contribution in [0.3, 0.4) is 0 Å². The van der Waals surface area contributed by atoms with Crippen molar-refractivity contribution in [2.24, 2.45) is 0 Å². The minimum absolute atomic E-state index is 0.00687. The first kappa shape index (κ1) is 75.3. The molecule has 456 valence electrons. The number of aliphatic hydroxyl groups is 2. The van der Waals surface area contributed by atoms with Crippen molar-refractivity contribution in [1.29, 1.82) is 0 Å². The smallest absolute Gasteiger partial charge is 0.305 e. The second kappa shape index (κ2) is 66.8. The monoisotopic (exact) mass is 1080 g/mol. The summed E-state index contributed by atoms with van der Waals surface area (Å²) >= 11 is 0. The Kier molecular flexibility index (Phi) is 65.4. The standard InChI is InChI=1S/C71H137NO5/c1-3-5-7-9-11-13-15-17-19-21-23-24-28-31-35-39-43-47-51-55-59-63-69(74)68(67-73)72-70(75)64-60-56-52-48-44-40-36-32-29-25-26-30-34-38-42-46-50-54-58-62-66-77-71(76)65-61-57-53-49-45-41-37-33-27-22-20-18-16-14-12-10-8-6-4-2/h18,20,25,29,68-69,73-74H,3-17,19,21-24,26-28,30-67H2,1-2H3,(H,72,75)/b20-18-,29-25-. The molecule has 2 atom stereocenters. The summed E-state index contributed by atoms with van der Waals surface area (Å²) in [7, 11) is 0. The first-order chi connectivity index (χ1) is 38.0. The lowest BCUT2D eigenvalue weighted by Gasteiger charge is -2.22. The summed E-state index contributed by atoms with van der Waals surface area (Å²) in [5.74, 6) is -0.0326. The third kappa shape index (κ3) is 63.4. The Labute approximate surface area is 481 Å². The normalized spacial score (nSPS) is 12.6. The maximum atomic E-state index is 12.5. The Hall–Kier alpha value is -1.66. The molecule has 0 aliphatic heterocycles. The van der Waals surface area contributed by atoms with E-state index in [2.05, 4.69) is 43.5 Å². The lowest BCUT2D eigenvalue weighted by molar-refractivity contribution is -0.143. The van der Waals surface area contributed by atoms with Crippen molar-refractivity contribution in [3.05, 3.63) is 24.3 Å². The summed E-state index contributed by atoms with van der Waals surface area (Å²) in [6.45, 7) is 4.98. The second-order valence-corrected chi connectivity index (χ2v) is 24.2. The molecule has 0 saturated carbocycles. The van der Waals surface area contributed by atoms with Gasteiger partial charge >= 0.3 is 5.97 Å². The van der Waals surface area contributed by atoms with Gasteiger partial charge in [-0.3, -0.25) is 9.59 Å². The molecular weight excluding hydrogens is 947 g/mol. The quantitative estimate of drug-likeness (QED) is 0.0320. The Bertz CT molecular complexity index is 1200. The van der Waals surface area contributed by atoms with E-state index in [0.717, 1.165) is 44.9 Å². The maximum absolute atomic E-state index is 12.5. The number of allylic oxidation sites excluding steroid dienone is 4. The number of carbonyl (C=O) groups is 2. The van der Waals surface area contributed by atoms with Crippen molar-refractivity contribution in [1.82, 2.24) is 5.32 Å². The number of esters is 1. The summed E-state index contributed by atoms with van der Waals surface area (Å²) in [5, 5.41) is 23.4. The highest BCUT2D eigenvalue weighted by atomic mass is 16.5. The van der Waals surface area contributed by atoms with Crippen molar-refractivity contribution in [2.45, 2.75) is 405 Å². The third-order valence-electron chi connectivity index (χ3n) is 16.5. The van der Waals surface area contributed by atoms with E-state index < -0.39 is 12.1 Å². The highest BCUT2D eigenvalue weighted by Crippen LogP contribution is 2.19. The Morgan fingerprint density at radius 1 is 0.351 bits per heavy atom. The van der Waals surface area contributed by atoms with Gasteiger partial charge in [-0.25, -0.2) is 0 Å². The predicted octanol–water partition coefficient (Wildman–Crippen LogP) is 22.5. The number of carbonyl (C=O) groups excluding carboxylic acids is 2. The zero-order valence-corrected chi connectivity index (χ0v) is 52.2. The van der Waals surface area contributed by atoms with E-state index in [1.165, 1.54) is 315 Å². The summed E-state index contributed by atoms with van der Waals surface area (Å²) < 4.78 is 5.50. The summed E-state index contributed by atoms with van der Waals surface area (Å²) in [6, 6.07) is -0.549. The van der Waals surface area contributed by atoms with Gasteiger partial charge < -0.3 is 20.3 Å². The van der Waals surface area contributed by atoms with Gasteiger partial charge in [-0.2, -0.15) is 0 Å². The highest BCUT2D eigenvalue weighted by molar-refractivity contribution is 5.76. The van der Waals surface area contributed by atoms with E-state index in [9.17, 15) is 19.8 Å². The molecule has 0 aromatic carbocycles. The molecular formula is C71H137NO5. The number of unbranched alkanes of at least 4 members (excludes halogenated alkanes) is 51. The molecule has 0 saturated heterocycles. The van der Waals surface area contributed by atoms with Gasteiger partial charge in [0.05, 0.1) is 25.4 Å². The number of hydrogen-bond donors (Lipinski definition) is 3. The fourth-order valence-electron chi connectivity index (χ4n) is 11.1. The molecule has 1 amide bonds. The molecule has 3 N–H and O–H groups in total. The van der Waals surface area contributed by atoms with Gasteiger partial charge in [0.1, 0.15) is 0 Å². The lowest BCUT2D eigenvalue weighted by atomic mass is 10.0. The lowest BCUT2D eigenvalue weighted by Crippen LogP contribution is -2.45. The molecule has 6 nitrogen and oxygen atoms in total. The number of rotatable bonds is 66. The molecule has 77 heavy (non-hydrogen) atoms. The van der Waals surface area contributed by atoms with Gasteiger partial charge in [0, 0.05) is 12.8 Å². The van der Waals surface area contributed by atoms with Crippen LogP contribution in [0.2, 0.25) is 0 Å². The zero-order valence-electron chi connectivity index (χ0n) is 52.2. The minimum Gasteiger partial charge on any atom is -0.466 e. The molecule has 0 rings (SSSR count). The molecule has 6 heteroatoms. The average Bonchev–Trinajstić information content (AvgIpc) is 3.43. The third-order valence-corrected chi connectivity index (χ3v) is 16.5. The minimum atomic E-state index is -0.671. The molecule has 0 aliphatic rings. The van der Waals surface area contributed by atoms with Crippen molar-refractivity contribution < 1.29 is 24.5 Å². The molecule has 0 bridgehead atoms. The van der Waals surface area contributed by atoms with Crippen molar-refractivity contribution in [3.63, 3.8) is 0 Å². The molecule has 2 unspecified atom stereocenters. The number of ether oxygens (including phenoxy) is 1. The summed E-state index contributed by atoms with van der Waals surface area (Å²) in [4.78, 5) is 24.7.